The molecule has 1 aromatic carbocycles. The zero-order valence-electron chi connectivity index (χ0n) is 14.2. The molecule has 1 aliphatic rings. The normalized spacial score (nSPS) is 15.5. The number of carbonyl (C=O) groups is 1. The minimum absolute atomic E-state index is 0.0448. The number of carbonyl (C=O) groups excluding carboxylic acids is 1. The molecule has 2 rings (SSSR count). The number of piperazine rings is 1. The van der Waals surface area contributed by atoms with Crippen LogP contribution in [0.1, 0.15) is 0 Å². The Kier molecular flexibility index (Phi) is 5.94. The lowest BCUT2D eigenvalue weighted by Crippen LogP contribution is -2.53. The second-order valence-corrected chi connectivity index (χ2v) is 5.76. The number of halogens is 2. The Bertz CT molecular complexity index is 612. The van der Waals surface area contributed by atoms with E-state index in [9.17, 15) is 13.6 Å². The van der Waals surface area contributed by atoms with Gasteiger partial charge in [0, 0.05) is 53.4 Å². The Morgan fingerprint density at radius 3 is 2.50 bits per heavy atom. The van der Waals surface area contributed by atoms with Crippen LogP contribution in [0, 0.1) is 11.6 Å². The lowest BCUT2D eigenvalue weighted by atomic mass is 10.2. The molecular weight excluding hydrogens is 316 g/mol. The lowest BCUT2D eigenvalue weighted by Gasteiger charge is -2.37. The molecule has 0 bridgehead atoms. The molecule has 0 atom stereocenters. The predicted molar refractivity (Wildman–Crippen MR) is 90.2 cm³/mol. The number of likely N-dealkylation sites (N-methyl/N-ethyl adjacent to an activating group) is 1. The number of nitrogens with zero attached hydrogens (tertiary/aromatic N) is 4. The van der Waals surface area contributed by atoms with Crippen molar-refractivity contribution in [3.8, 4) is 0 Å². The fourth-order valence-corrected chi connectivity index (χ4v) is 2.53. The first-order valence-corrected chi connectivity index (χ1v) is 7.78. The van der Waals surface area contributed by atoms with Gasteiger partial charge < -0.3 is 20.0 Å². The van der Waals surface area contributed by atoms with E-state index in [1.807, 2.05) is 9.80 Å². The van der Waals surface area contributed by atoms with Gasteiger partial charge in [0.05, 0.1) is 12.2 Å². The van der Waals surface area contributed by atoms with E-state index in [0.717, 1.165) is 12.1 Å². The number of aliphatic imine (C=N–C) groups is 1. The van der Waals surface area contributed by atoms with Crippen LogP contribution in [-0.2, 0) is 4.79 Å². The standard InChI is InChI=1S/C16H23F2N5O/c1-19-16(20-11-15(24)21(2)3)23-8-6-22(7-9-23)14-10-12(17)4-5-13(14)18/h4-5,10H,6-9,11H2,1-3H3,(H,19,20). The van der Waals surface area contributed by atoms with Gasteiger partial charge >= 0.3 is 0 Å². The van der Waals surface area contributed by atoms with E-state index in [1.54, 1.807) is 21.1 Å². The minimum atomic E-state index is -0.450. The molecular formula is C16H23F2N5O. The van der Waals surface area contributed by atoms with Crippen molar-refractivity contribution >= 4 is 17.6 Å². The Hall–Kier alpha value is -2.38. The third-order valence-corrected chi connectivity index (χ3v) is 3.94. The molecule has 1 fully saturated rings. The van der Waals surface area contributed by atoms with Gasteiger partial charge in [0.1, 0.15) is 11.6 Å². The highest BCUT2D eigenvalue weighted by Gasteiger charge is 2.22. The predicted octanol–water partition coefficient (Wildman–Crippen LogP) is 0.750. The molecule has 0 aliphatic carbocycles. The molecule has 1 amide bonds. The van der Waals surface area contributed by atoms with Crippen LogP contribution in [0.25, 0.3) is 0 Å². The molecule has 132 valence electrons. The third-order valence-electron chi connectivity index (χ3n) is 3.94. The summed E-state index contributed by atoms with van der Waals surface area (Å²) in [5.74, 6) is -0.293. The molecule has 1 heterocycles. The summed E-state index contributed by atoms with van der Waals surface area (Å²) in [4.78, 5) is 21.2. The van der Waals surface area contributed by atoms with E-state index < -0.39 is 11.6 Å². The van der Waals surface area contributed by atoms with Crippen LogP contribution in [0.15, 0.2) is 23.2 Å². The van der Waals surface area contributed by atoms with Gasteiger partial charge in [-0.05, 0) is 12.1 Å². The highest BCUT2D eigenvalue weighted by molar-refractivity contribution is 5.86. The van der Waals surface area contributed by atoms with Crippen molar-refractivity contribution < 1.29 is 13.6 Å². The first kappa shape index (κ1) is 18.0. The number of nitrogens with one attached hydrogen (secondary N) is 1. The largest absolute Gasteiger partial charge is 0.366 e. The van der Waals surface area contributed by atoms with E-state index >= 15 is 0 Å². The molecule has 24 heavy (non-hydrogen) atoms. The fraction of sp³-hybridized carbons (Fsp3) is 0.500. The number of amides is 1. The average Bonchev–Trinajstić information content (AvgIpc) is 2.58. The van der Waals surface area contributed by atoms with Crippen LogP contribution < -0.4 is 10.2 Å². The molecule has 8 heteroatoms. The van der Waals surface area contributed by atoms with Crippen LogP contribution in [0.4, 0.5) is 14.5 Å². The molecule has 0 aromatic heterocycles. The maximum atomic E-state index is 13.9. The summed E-state index contributed by atoms with van der Waals surface area (Å²) < 4.78 is 27.2. The summed E-state index contributed by atoms with van der Waals surface area (Å²) in [7, 11) is 5.04. The van der Waals surface area contributed by atoms with Gasteiger partial charge in [-0.25, -0.2) is 8.78 Å². The van der Waals surface area contributed by atoms with Gasteiger partial charge in [0.25, 0.3) is 0 Å². The summed E-state index contributed by atoms with van der Waals surface area (Å²) in [6.07, 6.45) is 0. The van der Waals surface area contributed by atoms with Crippen molar-refractivity contribution in [2.45, 2.75) is 0 Å². The summed E-state index contributed by atoms with van der Waals surface area (Å²) in [6.45, 7) is 2.46. The molecule has 1 saturated heterocycles. The van der Waals surface area contributed by atoms with Crippen molar-refractivity contribution in [1.29, 1.82) is 0 Å². The molecule has 0 radical (unpaired) electrons. The van der Waals surface area contributed by atoms with Gasteiger partial charge in [0.15, 0.2) is 5.96 Å². The van der Waals surface area contributed by atoms with E-state index in [2.05, 4.69) is 10.3 Å². The fourth-order valence-electron chi connectivity index (χ4n) is 2.53. The van der Waals surface area contributed by atoms with Crippen molar-refractivity contribution in [2.75, 3.05) is 58.8 Å². The van der Waals surface area contributed by atoms with Gasteiger partial charge in [-0.1, -0.05) is 0 Å². The summed E-state index contributed by atoms with van der Waals surface area (Å²) in [5, 5.41) is 3.03. The van der Waals surface area contributed by atoms with Crippen molar-refractivity contribution in [3.05, 3.63) is 29.8 Å². The van der Waals surface area contributed by atoms with Crippen molar-refractivity contribution in [2.24, 2.45) is 4.99 Å². The molecule has 0 spiro atoms. The molecule has 1 aromatic rings. The molecule has 1 aliphatic heterocycles. The summed E-state index contributed by atoms with van der Waals surface area (Å²) in [6, 6.07) is 3.47. The highest BCUT2D eigenvalue weighted by atomic mass is 19.1. The lowest BCUT2D eigenvalue weighted by molar-refractivity contribution is -0.127. The highest BCUT2D eigenvalue weighted by Crippen LogP contribution is 2.21. The first-order valence-electron chi connectivity index (χ1n) is 7.78. The van der Waals surface area contributed by atoms with Gasteiger partial charge in [0.2, 0.25) is 5.91 Å². The third kappa shape index (κ3) is 4.33. The summed E-state index contributed by atoms with van der Waals surface area (Å²) in [5.41, 5.74) is 0.278. The maximum Gasteiger partial charge on any atom is 0.241 e. The average molecular weight is 339 g/mol. The van der Waals surface area contributed by atoms with Gasteiger partial charge in [-0.3, -0.25) is 9.79 Å². The van der Waals surface area contributed by atoms with E-state index in [4.69, 9.17) is 0 Å². The van der Waals surface area contributed by atoms with Crippen LogP contribution in [-0.4, -0.2) is 75.5 Å². The van der Waals surface area contributed by atoms with Crippen LogP contribution in [0.2, 0.25) is 0 Å². The Labute approximate surface area is 140 Å². The second-order valence-electron chi connectivity index (χ2n) is 5.76. The summed E-state index contributed by atoms with van der Waals surface area (Å²) >= 11 is 0. The zero-order valence-corrected chi connectivity index (χ0v) is 14.2. The molecule has 0 saturated carbocycles. The topological polar surface area (TPSA) is 51.2 Å². The van der Waals surface area contributed by atoms with Crippen LogP contribution in [0.3, 0.4) is 0 Å². The van der Waals surface area contributed by atoms with Crippen molar-refractivity contribution in [1.82, 2.24) is 15.1 Å². The maximum absolute atomic E-state index is 13.9. The van der Waals surface area contributed by atoms with E-state index in [1.165, 1.54) is 11.0 Å². The number of rotatable bonds is 3. The van der Waals surface area contributed by atoms with Crippen molar-refractivity contribution in [3.63, 3.8) is 0 Å². The van der Waals surface area contributed by atoms with E-state index in [-0.39, 0.29) is 18.1 Å². The number of benzene rings is 1. The first-order chi connectivity index (χ1) is 11.4. The quantitative estimate of drug-likeness (QED) is 0.652. The van der Waals surface area contributed by atoms with Gasteiger partial charge in [-0.2, -0.15) is 0 Å². The monoisotopic (exact) mass is 339 g/mol. The minimum Gasteiger partial charge on any atom is -0.366 e. The van der Waals surface area contributed by atoms with Crippen LogP contribution >= 0.6 is 0 Å². The SMILES string of the molecule is CN=C(NCC(=O)N(C)C)N1CCN(c2cc(F)ccc2F)CC1. The number of hydrogen-bond donors (Lipinski definition) is 1. The van der Waals surface area contributed by atoms with Crippen LogP contribution in [0.5, 0.6) is 0 Å². The Balaban J connectivity index is 1.93. The Morgan fingerprint density at radius 2 is 1.92 bits per heavy atom. The molecule has 0 unspecified atom stereocenters. The number of anilines is 1. The Morgan fingerprint density at radius 1 is 1.25 bits per heavy atom. The number of guanidine groups is 1. The molecule has 1 N–H and O–H groups in total. The second kappa shape index (κ2) is 7.94. The molecule has 6 nitrogen and oxygen atoms in total. The zero-order chi connectivity index (χ0) is 17.7. The van der Waals surface area contributed by atoms with Gasteiger partial charge in [-0.15, -0.1) is 0 Å². The number of hydrogen-bond acceptors (Lipinski definition) is 3. The van der Waals surface area contributed by atoms with E-state index in [0.29, 0.717) is 32.1 Å². The smallest absolute Gasteiger partial charge is 0.241 e.